The Kier molecular flexibility index (Phi) is 3.18. The molecule has 5 nitrogen and oxygen atoms in total. The SMILES string of the molecule is CNc1nc2ccccc2n1-c1ccc(B(O)O)cc1. The van der Waals surface area contributed by atoms with Crippen molar-refractivity contribution in [2.24, 2.45) is 0 Å². The van der Waals surface area contributed by atoms with E-state index in [0.717, 1.165) is 22.7 Å². The van der Waals surface area contributed by atoms with Crippen LogP contribution < -0.4 is 10.8 Å². The summed E-state index contributed by atoms with van der Waals surface area (Å²) in [6, 6.07) is 14.9. The van der Waals surface area contributed by atoms with Gasteiger partial charge in [-0.25, -0.2) is 4.98 Å². The average Bonchev–Trinajstić information content (AvgIpc) is 2.85. The standard InChI is InChI=1S/C14H14BN3O2/c1-16-14-17-12-4-2-3-5-13(12)18(14)11-8-6-10(7-9-11)15(19)20/h2-9,19-20H,1H3,(H,16,17). The highest BCUT2D eigenvalue weighted by Gasteiger charge is 2.13. The topological polar surface area (TPSA) is 70.3 Å². The van der Waals surface area contributed by atoms with E-state index < -0.39 is 7.12 Å². The third-order valence-corrected chi connectivity index (χ3v) is 3.23. The van der Waals surface area contributed by atoms with Gasteiger partial charge in [0.05, 0.1) is 11.0 Å². The molecule has 6 heteroatoms. The maximum atomic E-state index is 9.14. The zero-order valence-corrected chi connectivity index (χ0v) is 11.0. The first-order valence-corrected chi connectivity index (χ1v) is 6.32. The highest BCUT2D eigenvalue weighted by Crippen LogP contribution is 2.23. The predicted octanol–water partition coefficient (Wildman–Crippen LogP) is 0.747. The van der Waals surface area contributed by atoms with Crippen molar-refractivity contribution in [1.82, 2.24) is 9.55 Å². The number of hydrogen-bond acceptors (Lipinski definition) is 4. The molecule has 0 aliphatic carbocycles. The molecule has 0 unspecified atom stereocenters. The van der Waals surface area contributed by atoms with Gasteiger partial charge in [-0.2, -0.15) is 0 Å². The number of nitrogens with zero attached hydrogens (tertiary/aromatic N) is 2. The van der Waals surface area contributed by atoms with Crippen molar-refractivity contribution < 1.29 is 10.0 Å². The van der Waals surface area contributed by atoms with Crippen LogP contribution in [0.15, 0.2) is 48.5 Å². The Hall–Kier alpha value is -2.31. The van der Waals surface area contributed by atoms with Gasteiger partial charge < -0.3 is 15.4 Å². The summed E-state index contributed by atoms with van der Waals surface area (Å²) in [5.74, 6) is 0.739. The Morgan fingerprint density at radius 1 is 1.05 bits per heavy atom. The second-order valence-electron chi connectivity index (χ2n) is 4.47. The van der Waals surface area contributed by atoms with Gasteiger partial charge in [0.2, 0.25) is 5.95 Å². The van der Waals surface area contributed by atoms with Crippen molar-refractivity contribution in [3.63, 3.8) is 0 Å². The Bertz CT molecular complexity index is 738. The molecule has 20 heavy (non-hydrogen) atoms. The van der Waals surface area contributed by atoms with Crippen LogP contribution in [0.5, 0.6) is 0 Å². The summed E-state index contributed by atoms with van der Waals surface area (Å²) >= 11 is 0. The number of imidazole rings is 1. The van der Waals surface area contributed by atoms with Gasteiger partial charge in [-0.3, -0.25) is 4.57 Å². The number of fused-ring (bicyclic) bond motifs is 1. The van der Waals surface area contributed by atoms with Gasteiger partial charge in [-0.1, -0.05) is 24.3 Å². The Morgan fingerprint density at radius 3 is 2.40 bits per heavy atom. The molecule has 3 N–H and O–H groups in total. The number of nitrogens with one attached hydrogen (secondary N) is 1. The summed E-state index contributed by atoms with van der Waals surface area (Å²) in [6.07, 6.45) is 0. The van der Waals surface area contributed by atoms with Gasteiger partial charge in [0, 0.05) is 12.7 Å². The molecule has 0 saturated heterocycles. The van der Waals surface area contributed by atoms with Crippen LogP contribution in [0.1, 0.15) is 0 Å². The Morgan fingerprint density at radius 2 is 1.75 bits per heavy atom. The molecule has 0 bridgehead atoms. The molecule has 0 saturated carbocycles. The Balaban J connectivity index is 2.17. The minimum Gasteiger partial charge on any atom is -0.423 e. The quantitative estimate of drug-likeness (QED) is 0.612. The lowest BCUT2D eigenvalue weighted by atomic mass is 9.80. The molecule has 0 fully saturated rings. The van der Waals surface area contributed by atoms with Crippen LogP contribution in [0.4, 0.5) is 5.95 Å². The van der Waals surface area contributed by atoms with Crippen molar-refractivity contribution in [3.05, 3.63) is 48.5 Å². The first-order valence-electron chi connectivity index (χ1n) is 6.32. The molecule has 100 valence electrons. The average molecular weight is 267 g/mol. The van der Waals surface area contributed by atoms with Crippen molar-refractivity contribution >= 4 is 29.6 Å². The summed E-state index contributed by atoms with van der Waals surface area (Å²) < 4.78 is 1.99. The maximum Gasteiger partial charge on any atom is 0.488 e. The van der Waals surface area contributed by atoms with Gasteiger partial charge >= 0.3 is 7.12 Å². The van der Waals surface area contributed by atoms with Crippen LogP contribution in [0.3, 0.4) is 0 Å². The summed E-state index contributed by atoms with van der Waals surface area (Å²) in [7, 11) is 0.371. The molecular weight excluding hydrogens is 253 g/mol. The van der Waals surface area contributed by atoms with E-state index in [0.29, 0.717) is 5.46 Å². The van der Waals surface area contributed by atoms with Crippen molar-refractivity contribution in [2.75, 3.05) is 12.4 Å². The molecule has 2 aromatic carbocycles. The van der Waals surface area contributed by atoms with Gasteiger partial charge in [-0.05, 0) is 29.7 Å². The van der Waals surface area contributed by atoms with E-state index in [2.05, 4.69) is 10.3 Å². The van der Waals surface area contributed by atoms with E-state index in [-0.39, 0.29) is 0 Å². The van der Waals surface area contributed by atoms with Gasteiger partial charge in [-0.15, -0.1) is 0 Å². The lowest BCUT2D eigenvalue weighted by molar-refractivity contribution is 0.426. The predicted molar refractivity (Wildman–Crippen MR) is 80.4 cm³/mol. The third-order valence-electron chi connectivity index (χ3n) is 3.23. The van der Waals surface area contributed by atoms with E-state index in [4.69, 9.17) is 10.0 Å². The maximum absolute atomic E-state index is 9.14. The molecule has 0 radical (unpaired) electrons. The molecule has 0 amide bonds. The molecule has 0 atom stereocenters. The summed E-state index contributed by atoms with van der Waals surface area (Å²) in [4.78, 5) is 4.52. The van der Waals surface area contributed by atoms with E-state index in [1.54, 1.807) is 12.1 Å². The molecule has 1 heterocycles. The van der Waals surface area contributed by atoms with Crippen molar-refractivity contribution in [3.8, 4) is 5.69 Å². The van der Waals surface area contributed by atoms with Crippen LogP contribution in [-0.2, 0) is 0 Å². The molecule has 0 spiro atoms. The fraction of sp³-hybridized carbons (Fsp3) is 0.0714. The van der Waals surface area contributed by atoms with Gasteiger partial charge in [0.1, 0.15) is 0 Å². The number of hydrogen-bond donors (Lipinski definition) is 3. The Labute approximate surface area is 116 Å². The van der Waals surface area contributed by atoms with E-state index in [1.807, 2.05) is 48.0 Å². The minimum atomic E-state index is -1.45. The van der Waals surface area contributed by atoms with Crippen molar-refractivity contribution in [1.29, 1.82) is 0 Å². The number of anilines is 1. The summed E-state index contributed by atoms with van der Waals surface area (Å²) in [5, 5.41) is 21.4. The molecule has 0 aliphatic heterocycles. The van der Waals surface area contributed by atoms with Crippen LogP contribution in [0.25, 0.3) is 16.7 Å². The normalized spacial score (nSPS) is 10.8. The molecule has 0 aliphatic rings. The number of aromatic nitrogens is 2. The van der Waals surface area contributed by atoms with Crippen molar-refractivity contribution in [2.45, 2.75) is 0 Å². The van der Waals surface area contributed by atoms with Crippen LogP contribution >= 0.6 is 0 Å². The number of para-hydroxylation sites is 2. The van der Waals surface area contributed by atoms with E-state index in [9.17, 15) is 0 Å². The summed E-state index contributed by atoms with van der Waals surface area (Å²) in [6.45, 7) is 0. The highest BCUT2D eigenvalue weighted by molar-refractivity contribution is 6.58. The molecular formula is C14H14BN3O2. The number of rotatable bonds is 3. The lowest BCUT2D eigenvalue weighted by Gasteiger charge is -2.09. The molecule has 3 rings (SSSR count). The fourth-order valence-electron chi connectivity index (χ4n) is 2.25. The second kappa shape index (κ2) is 4.99. The smallest absolute Gasteiger partial charge is 0.423 e. The van der Waals surface area contributed by atoms with Crippen LogP contribution in [-0.4, -0.2) is 33.8 Å². The highest BCUT2D eigenvalue weighted by atomic mass is 16.4. The fourth-order valence-corrected chi connectivity index (χ4v) is 2.25. The van der Waals surface area contributed by atoms with Gasteiger partial charge in [0.15, 0.2) is 0 Å². The third kappa shape index (κ3) is 2.05. The minimum absolute atomic E-state index is 0.462. The van der Waals surface area contributed by atoms with Crippen LogP contribution in [0, 0.1) is 0 Å². The summed E-state index contributed by atoms with van der Waals surface area (Å²) in [5.41, 5.74) is 3.27. The first kappa shape index (κ1) is 12.7. The lowest BCUT2D eigenvalue weighted by Crippen LogP contribution is -2.29. The van der Waals surface area contributed by atoms with E-state index >= 15 is 0 Å². The van der Waals surface area contributed by atoms with Crippen LogP contribution in [0.2, 0.25) is 0 Å². The van der Waals surface area contributed by atoms with E-state index in [1.165, 1.54) is 0 Å². The number of benzene rings is 2. The second-order valence-corrected chi connectivity index (χ2v) is 4.47. The largest absolute Gasteiger partial charge is 0.488 e. The zero-order chi connectivity index (χ0) is 14.1. The zero-order valence-electron chi connectivity index (χ0n) is 11.0. The molecule has 3 aromatic rings. The monoisotopic (exact) mass is 267 g/mol. The first-order chi connectivity index (χ1) is 9.70. The molecule has 1 aromatic heterocycles. The van der Waals surface area contributed by atoms with Gasteiger partial charge in [0.25, 0.3) is 0 Å².